The predicted molar refractivity (Wildman–Crippen MR) is 106 cm³/mol. The van der Waals surface area contributed by atoms with E-state index >= 15 is 0 Å². The Morgan fingerprint density at radius 2 is 2.08 bits per heavy atom. The number of hydrogen-bond acceptors (Lipinski definition) is 4. The minimum atomic E-state index is 0.0851. The van der Waals surface area contributed by atoms with Crippen molar-refractivity contribution in [3.05, 3.63) is 35.9 Å². The number of benzene rings is 1. The number of para-hydroxylation sites is 1. The molecule has 1 amide bonds. The molecule has 1 N–H and O–H groups in total. The van der Waals surface area contributed by atoms with Crippen molar-refractivity contribution >= 4 is 34.2 Å². The number of rotatable bonds is 4. The summed E-state index contributed by atoms with van der Waals surface area (Å²) in [6, 6.07) is 10.6. The zero-order valence-corrected chi connectivity index (χ0v) is 16.1. The van der Waals surface area contributed by atoms with Gasteiger partial charge in [0.25, 0.3) is 0 Å². The monoisotopic (exact) mass is 368 g/mol. The standard InChI is InChI=1S/C20H24N4OS/c1-13-7-3-5-9-16(13)21-19(25)12-26-20-23-22-18-11-14(2)15-8-4-6-10-17(15)24(18)20/h4,6,8,10-11,13,16H,3,5,7,9,12H2,1-2H3,(H,21,25)/t13-,16+/m1/s1. The third-order valence-corrected chi connectivity index (χ3v) is 6.29. The summed E-state index contributed by atoms with van der Waals surface area (Å²) in [6.45, 7) is 4.32. The highest BCUT2D eigenvalue weighted by Gasteiger charge is 2.23. The van der Waals surface area contributed by atoms with Gasteiger partial charge >= 0.3 is 0 Å². The molecule has 1 fully saturated rings. The zero-order valence-electron chi connectivity index (χ0n) is 15.2. The quantitative estimate of drug-likeness (QED) is 0.708. The van der Waals surface area contributed by atoms with Crippen LogP contribution in [0.25, 0.3) is 16.6 Å². The third-order valence-electron chi connectivity index (χ3n) is 5.36. The molecule has 0 aliphatic heterocycles. The largest absolute Gasteiger partial charge is 0.352 e. The molecule has 4 rings (SSSR count). The molecule has 0 saturated heterocycles. The van der Waals surface area contributed by atoms with Crippen LogP contribution < -0.4 is 5.32 Å². The summed E-state index contributed by atoms with van der Waals surface area (Å²) in [7, 11) is 0. The lowest BCUT2D eigenvalue weighted by Crippen LogP contribution is -2.41. The van der Waals surface area contributed by atoms with E-state index in [0.29, 0.717) is 17.7 Å². The molecule has 0 spiro atoms. The van der Waals surface area contributed by atoms with E-state index in [1.54, 1.807) is 0 Å². The number of carbonyl (C=O) groups is 1. The molecule has 2 aromatic heterocycles. The van der Waals surface area contributed by atoms with E-state index in [4.69, 9.17) is 0 Å². The van der Waals surface area contributed by atoms with Gasteiger partial charge in [-0.2, -0.15) is 0 Å². The number of thioether (sulfide) groups is 1. The van der Waals surface area contributed by atoms with E-state index in [0.717, 1.165) is 22.7 Å². The van der Waals surface area contributed by atoms with Crippen LogP contribution in [0.2, 0.25) is 0 Å². The van der Waals surface area contributed by atoms with Crippen molar-refractivity contribution in [3.8, 4) is 0 Å². The number of amides is 1. The maximum Gasteiger partial charge on any atom is 0.230 e. The van der Waals surface area contributed by atoms with Gasteiger partial charge in [-0.1, -0.05) is 49.7 Å². The van der Waals surface area contributed by atoms with Crippen molar-refractivity contribution < 1.29 is 4.79 Å². The topological polar surface area (TPSA) is 59.3 Å². The van der Waals surface area contributed by atoms with Gasteiger partial charge in [0.05, 0.1) is 11.3 Å². The first kappa shape index (κ1) is 17.3. The number of aromatic nitrogens is 3. The fraction of sp³-hybridized carbons (Fsp3) is 0.450. The number of pyridine rings is 1. The minimum absolute atomic E-state index is 0.0851. The molecule has 0 unspecified atom stereocenters. The number of nitrogens with zero attached hydrogens (tertiary/aromatic N) is 3. The highest BCUT2D eigenvalue weighted by molar-refractivity contribution is 7.99. The average molecular weight is 369 g/mol. The Kier molecular flexibility index (Phi) is 4.85. The molecule has 136 valence electrons. The van der Waals surface area contributed by atoms with Crippen LogP contribution in [0.4, 0.5) is 0 Å². The summed E-state index contributed by atoms with van der Waals surface area (Å²) < 4.78 is 2.05. The molecule has 2 heterocycles. The Balaban J connectivity index is 1.52. The second kappa shape index (κ2) is 7.27. The van der Waals surface area contributed by atoms with E-state index in [1.165, 1.54) is 42.0 Å². The molecular formula is C20H24N4OS. The van der Waals surface area contributed by atoms with E-state index in [2.05, 4.69) is 41.5 Å². The molecule has 1 saturated carbocycles. The SMILES string of the molecule is Cc1cc2nnc(SCC(=O)N[C@H]3CCCC[C@H]3C)n2c2ccccc12. The van der Waals surface area contributed by atoms with Crippen molar-refractivity contribution in [3.63, 3.8) is 0 Å². The number of carbonyl (C=O) groups excluding carboxylic acids is 1. The van der Waals surface area contributed by atoms with Crippen molar-refractivity contribution in [1.82, 2.24) is 19.9 Å². The first-order valence-corrected chi connectivity index (χ1v) is 10.3. The summed E-state index contributed by atoms with van der Waals surface area (Å²) in [4.78, 5) is 12.4. The Hall–Kier alpha value is -2.08. The number of fused-ring (bicyclic) bond motifs is 3. The van der Waals surface area contributed by atoms with Gasteiger partial charge in [-0.25, -0.2) is 0 Å². The van der Waals surface area contributed by atoms with E-state index in [9.17, 15) is 4.79 Å². The van der Waals surface area contributed by atoms with Gasteiger partial charge in [0, 0.05) is 11.4 Å². The van der Waals surface area contributed by atoms with Gasteiger partial charge in [-0.15, -0.1) is 10.2 Å². The molecule has 5 nitrogen and oxygen atoms in total. The molecule has 0 radical (unpaired) electrons. The zero-order chi connectivity index (χ0) is 18.1. The number of hydrogen-bond donors (Lipinski definition) is 1. The van der Waals surface area contributed by atoms with Crippen LogP contribution in [0, 0.1) is 12.8 Å². The second-order valence-corrected chi connectivity index (χ2v) is 8.19. The van der Waals surface area contributed by atoms with Gasteiger partial charge in [-0.05, 0) is 43.4 Å². The van der Waals surface area contributed by atoms with Crippen LogP contribution in [0.1, 0.15) is 38.2 Å². The fourth-order valence-corrected chi connectivity index (χ4v) is 4.64. The lowest BCUT2D eigenvalue weighted by Gasteiger charge is -2.29. The maximum atomic E-state index is 12.4. The number of nitrogens with one attached hydrogen (secondary N) is 1. The van der Waals surface area contributed by atoms with Crippen LogP contribution in [0.15, 0.2) is 35.5 Å². The van der Waals surface area contributed by atoms with E-state index in [-0.39, 0.29) is 5.91 Å². The van der Waals surface area contributed by atoms with E-state index < -0.39 is 0 Å². The first-order chi connectivity index (χ1) is 12.6. The minimum Gasteiger partial charge on any atom is -0.352 e. The van der Waals surface area contributed by atoms with Gasteiger partial charge in [-0.3, -0.25) is 9.20 Å². The summed E-state index contributed by atoms with van der Waals surface area (Å²) in [6.07, 6.45) is 4.79. The lowest BCUT2D eigenvalue weighted by atomic mass is 9.86. The fourth-order valence-electron chi connectivity index (χ4n) is 3.88. The van der Waals surface area contributed by atoms with Gasteiger partial charge < -0.3 is 5.32 Å². The third kappa shape index (κ3) is 3.30. The predicted octanol–water partition coefficient (Wildman–Crippen LogP) is 3.98. The molecule has 26 heavy (non-hydrogen) atoms. The molecule has 2 atom stereocenters. The average Bonchev–Trinajstić information content (AvgIpc) is 3.05. The van der Waals surface area contributed by atoms with Crippen molar-refractivity contribution in [2.75, 3.05) is 5.75 Å². The highest BCUT2D eigenvalue weighted by Crippen LogP contribution is 2.26. The van der Waals surface area contributed by atoms with Crippen molar-refractivity contribution in [1.29, 1.82) is 0 Å². The summed E-state index contributed by atoms with van der Waals surface area (Å²) >= 11 is 1.45. The Morgan fingerprint density at radius 1 is 1.27 bits per heavy atom. The van der Waals surface area contributed by atoms with Gasteiger partial charge in [0.15, 0.2) is 10.8 Å². The molecule has 3 aromatic rings. The lowest BCUT2D eigenvalue weighted by molar-refractivity contribution is -0.119. The molecule has 6 heteroatoms. The Bertz CT molecular complexity index is 952. The summed E-state index contributed by atoms with van der Waals surface area (Å²) in [5, 5.41) is 13.8. The van der Waals surface area contributed by atoms with Crippen LogP contribution in [0.5, 0.6) is 0 Å². The van der Waals surface area contributed by atoms with Crippen molar-refractivity contribution in [2.24, 2.45) is 5.92 Å². The molecule has 1 aromatic carbocycles. The first-order valence-electron chi connectivity index (χ1n) is 9.29. The van der Waals surface area contributed by atoms with Crippen LogP contribution in [0.3, 0.4) is 0 Å². The van der Waals surface area contributed by atoms with Crippen LogP contribution in [-0.2, 0) is 4.79 Å². The second-order valence-electron chi connectivity index (χ2n) is 7.25. The molecular weight excluding hydrogens is 344 g/mol. The summed E-state index contributed by atoms with van der Waals surface area (Å²) in [5.41, 5.74) is 3.09. The summed E-state index contributed by atoms with van der Waals surface area (Å²) in [5.74, 6) is 1.02. The number of aryl methyl sites for hydroxylation is 1. The van der Waals surface area contributed by atoms with Gasteiger partial charge in [0.1, 0.15) is 0 Å². The van der Waals surface area contributed by atoms with Crippen molar-refractivity contribution in [2.45, 2.75) is 50.7 Å². The van der Waals surface area contributed by atoms with Crippen LogP contribution in [-0.4, -0.2) is 32.3 Å². The molecule has 0 bridgehead atoms. The highest BCUT2D eigenvalue weighted by atomic mass is 32.2. The van der Waals surface area contributed by atoms with E-state index in [1.807, 2.05) is 22.6 Å². The molecule has 1 aliphatic rings. The molecule has 1 aliphatic carbocycles. The normalized spacial score (nSPS) is 20.5. The Morgan fingerprint density at radius 3 is 2.92 bits per heavy atom. The maximum absolute atomic E-state index is 12.4. The van der Waals surface area contributed by atoms with Gasteiger partial charge in [0.2, 0.25) is 5.91 Å². The Labute approximate surface area is 157 Å². The smallest absolute Gasteiger partial charge is 0.230 e. The van der Waals surface area contributed by atoms with Crippen LogP contribution >= 0.6 is 11.8 Å².